The van der Waals surface area contributed by atoms with E-state index in [0.29, 0.717) is 12.1 Å². The normalized spacial score (nSPS) is 11.8. The number of nitrogen functional groups attached to an aromatic ring is 1. The number of hydrogen-bond acceptors (Lipinski definition) is 2. The number of rotatable bonds is 4. The molecule has 0 saturated carbocycles. The summed E-state index contributed by atoms with van der Waals surface area (Å²) < 4.78 is 0. The Bertz CT molecular complexity index is 360. The molecule has 1 unspecified atom stereocenters. The highest BCUT2D eigenvalue weighted by Crippen LogP contribution is 2.07. The van der Waals surface area contributed by atoms with Crippen LogP contribution in [-0.2, 0) is 11.2 Å². The van der Waals surface area contributed by atoms with Crippen LogP contribution in [0.3, 0.4) is 0 Å². The SMILES string of the molecule is C=CC(C)NC(=O)Cc1cccc(N)c1. The molecule has 1 atom stereocenters. The van der Waals surface area contributed by atoms with Crippen molar-refractivity contribution in [3.8, 4) is 0 Å². The number of carbonyl (C=O) groups excluding carboxylic acids is 1. The Morgan fingerprint density at radius 3 is 3.00 bits per heavy atom. The molecule has 15 heavy (non-hydrogen) atoms. The predicted molar refractivity (Wildman–Crippen MR) is 62.4 cm³/mol. The molecule has 0 aliphatic rings. The molecule has 3 N–H and O–H groups in total. The van der Waals surface area contributed by atoms with Gasteiger partial charge in [-0.2, -0.15) is 0 Å². The Morgan fingerprint density at radius 2 is 2.40 bits per heavy atom. The lowest BCUT2D eigenvalue weighted by Gasteiger charge is -2.09. The number of nitrogens with one attached hydrogen (secondary N) is 1. The van der Waals surface area contributed by atoms with E-state index in [0.717, 1.165) is 5.56 Å². The Morgan fingerprint density at radius 1 is 1.67 bits per heavy atom. The van der Waals surface area contributed by atoms with Gasteiger partial charge >= 0.3 is 0 Å². The number of benzene rings is 1. The first-order valence-corrected chi connectivity index (χ1v) is 4.88. The quantitative estimate of drug-likeness (QED) is 0.577. The van der Waals surface area contributed by atoms with Gasteiger partial charge in [0, 0.05) is 11.7 Å². The average Bonchev–Trinajstić information content (AvgIpc) is 2.17. The van der Waals surface area contributed by atoms with Crippen molar-refractivity contribution in [2.45, 2.75) is 19.4 Å². The summed E-state index contributed by atoms with van der Waals surface area (Å²) in [5.41, 5.74) is 7.21. The van der Waals surface area contributed by atoms with E-state index in [4.69, 9.17) is 5.73 Å². The van der Waals surface area contributed by atoms with E-state index < -0.39 is 0 Å². The Hall–Kier alpha value is -1.77. The highest BCUT2D eigenvalue weighted by molar-refractivity contribution is 5.79. The second kappa shape index (κ2) is 5.20. The lowest BCUT2D eigenvalue weighted by Crippen LogP contribution is -2.32. The molecular formula is C12H16N2O. The minimum atomic E-state index is -0.0204. The Balaban J connectivity index is 2.55. The second-order valence-corrected chi connectivity index (χ2v) is 3.51. The van der Waals surface area contributed by atoms with Crippen molar-refractivity contribution in [2.75, 3.05) is 5.73 Å². The summed E-state index contributed by atoms with van der Waals surface area (Å²) in [7, 11) is 0. The number of carbonyl (C=O) groups is 1. The lowest BCUT2D eigenvalue weighted by atomic mass is 10.1. The average molecular weight is 204 g/mol. The van der Waals surface area contributed by atoms with Gasteiger partial charge in [-0.15, -0.1) is 6.58 Å². The van der Waals surface area contributed by atoms with E-state index in [1.54, 1.807) is 18.2 Å². The van der Waals surface area contributed by atoms with Crippen LogP contribution in [0.15, 0.2) is 36.9 Å². The standard InChI is InChI=1S/C12H16N2O/c1-3-9(2)14-12(15)8-10-5-4-6-11(13)7-10/h3-7,9H,1,8,13H2,2H3,(H,14,15). The van der Waals surface area contributed by atoms with Crippen LogP contribution < -0.4 is 11.1 Å². The molecule has 0 aromatic heterocycles. The van der Waals surface area contributed by atoms with Crippen LogP contribution in [-0.4, -0.2) is 11.9 Å². The molecule has 1 amide bonds. The van der Waals surface area contributed by atoms with Crippen LogP contribution in [0.4, 0.5) is 5.69 Å². The summed E-state index contributed by atoms with van der Waals surface area (Å²) in [4.78, 5) is 11.5. The van der Waals surface area contributed by atoms with E-state index in [2.05, 4.69) is 11.9 Å². The molecule has 3 nitrogen and oxygen atoms in total. The summed E-state index contributed by atoms with van der Waals surface area (Å²) in [5.74, 6) is -0.0204. The van der Waals surface area contributed by atoms with Gasteiger partial charge in [-0.25, -0.2) is 0 Å². The second-order valence-electron chi connectivity index (χ2n) is 3.51. The monoisotopic (exact) mass is 204 g/mol. The fourth-order valence-corrected chi connectivity index (χ4v) is 1.25. The van der Waals surface area contributed by atoms with Crippen molar-refractivity contribution in [1.82, 2.24) is 5.32 Å². The smallest absolute Gasteiger partial charge is 0.224 e. The minimum Gasteiger partial charge on any atom is -0.399 e. The zero-order valence-electron chi connectivity index (χ0n) is 8.86. The number of nitrogens with two attached hydrogens (primary N) is 1. The summed E-state index contributed by atoms with van der Waals surface area (Å²) >= 11 is 0. The molecule has 0 bridgehead atoms. The first-order chi connectivity index (χ1) is 7.11. The predicted octanol–water partition coefficient (Wildman–Crippen LogP) is 1.50. The maximum atomic E-state index is 11.5. The van der Waals surface area contributed by atoms with Crippen LogP contribution in [0.5, 0.6) is 0 Å². The molecular weight excluding hydrogens is 188 g/mol. The molecule has 3 heteroatoms. The maximum absolute atomic E-state index is 11.5. The van der Waals surface area contributed by atoms with Gasteiger partial charge < -0.3 is 11.1 Å². The van der Waals surface area contributed by atoms with Crippen LogP contribution in [0.2, 0.25) is 0 Å². The van der Waals surface area contributed by atoms with Crippen molar-refractivity contribution >= 4 is 11.6 Å². The molecule has 0 radical (unpaired) electrons. The molecule has 0 saturated heterocycles. The summed E-state index contributed by atoms with van der Waals surface area (Å²) in [6.07, 6.45) is 2.04. The fraction of sp³-hybridized carbons (Fsp3) is 0.250. The Kier molecular flexibility index (Phi) is 3.92. The van der Waals surface area contributed by atoms with Crippen molar-refractivity contribution in [3.63, 3.8) is 0 Å². The van der Waals surface area contributed by atoms with E-state index in [-0.39, 0.29) is 11.9 Å². The minimum absolute atomic E-state index is 0.00133. The number of anilines is 1. The molecule has 1 aromatic carbocycles. The van der Waals surface area contributed by atoms with Gasteiger partial charge in [0.05, 0.1) is 6.42 Å². The highest BCUT2D eigenvalue weighted by atomic mass is 16.1. The van der Waals surface area contributed by atoms with Crippen LogP contribution in [0, 0.1) is 0 Å². The summed E-state index contributed by atoms with van der Waals surface area (Å²) in [6, 6.07) is 7.33. The van der Waals surface area contributed by atoms with Crippen LogP contribution in [0.1, 0.15) is 12.5 Å². The molecule has 0 fully saturated rings. The molecule has 0 heterocycles. The van der Waals surface area contributed by atoms with Crippen LogP contribution in [0.25, 0.3) is 0 Å². The van der Waals surface area contributed by atoms with Gasteiger partial charge in [0.25, 0.3) is 0 Å². The first kappa shape index (κ1) is 11.3. The van der Waals surface area contributed by atoms with Gasteiger partial charge in [-0.1, -0.05) is 18.2 Å². The number of hydrogen-bond donors (Lipinski definition) is 2. The maximum Gasteiger partial charge on any atom is 0.224 e. The van der Waals surface area contributed by atoms with Gasteiger partial charge in [0.1, 0.15) is 0 Å². The third-order valence-electron chi connectivity index (χ3n) is 2.06. The van der Waals surface area contributed by atoms with Crippen LogP contribution >= 0.6 is 0 Å². The van der Waals surface area contributed by atoms with Gasteiger partial charge in [-0.05, 0) is 24.6 Å². The van der Waals surface area contributed by atoms with E-state index in [1.165, 1.54) is 0 Å². The Labute approximate surface area is 90.0 Å². The van der Waals surface area contributed by atoms with Crippen molar-refractivity contribution in [1.29, 1.82) is 0 Å². The first-order valence-electron chi connectivity index (χ1n) is 4.88. The molecule has 80 valence electrons. The van der Waals surface area contributed by atoms with Crippen molar-refractivity contribution in [2.24, 2.45) is 0 Å². The molecule has 1 aromatic rings. The third-order valence-corrected chi connectivity index (χ3v) is 2.06. The zero-order chi connectivity index (χ0) is 11.3. The largest absolute Gasteiger partial charge is 0.399 e. The fourth-order valence-electron chi connectivity index (χ4n) is 1.25. The molecule has 0 aliphatic heterocycles. The van der Waals surface area contributed by atoms with Gasteiger partial charge in [0.2, 0.25) is 5.91 Å². The third kappa shape index (κ3) is 3.85. The highest BCUT2D eigenvalue weighted by Gasteiger charge is 2.05. The lowest BCUT2D eigenvalue weighted by molar-refractivity contribution is -0.120. The summed E-state index contributed by atoms with van der Waals surface area (Å²) in [5, 5.41) is 2.80. The van der Waals surface area contributed by atoms with E-state index >= 15 is 0 Å². The van der Waals surface area contributed by atoms with E-state index in [9.17, 15) is 4.79 Å². The number of amides is 1. The van der Waals surface area contributed by atoms with Gasteiger partial charge in [-0.3, -0.25) is 4.79 Å². The summed E-state index contributed by atoms with van der Waals surface area (Å²) in [6.45, 7) is 5.48. The van der Waals surface area contributed by atoms with Gasteiger partial charge in [0.15, 0.2) is 0 Å². The topological polar surface area (TPSA) is 55.1 Å². The van der Waals surface area contributed by atoms with E-state index in [1.807, 2.05) is 19.1 Å². The molecule has 0 spiro atoms. The zero-order valence-corrected chi connectivity index (χ0v) is 8.86. The van der Waals surface area contributed by atoms with Crippen molar-refractivity contribution in [3.05, 3.63) is 42.5 Å². The van der Waals surface area contributed by atoms with Crippen molar-refractivity contribution < 1.29 is 4.79 Å². The molecule has 1 rings (SSSR count). The molecule has 0 aliphatic carbocycles.